The van der Waals surface area contributed by atoms with E-state index in [0.29, 0.717) is 0 Å². The van der Waals surface area contributed by atoms with E-state index in [0.717, 1.165) is 0 Å². The Kier molecular flexibility index (Phi) is 14.1. The van der Waals surface area contributed by atoms with Gasteiger partial charge in [-0.05, 0) is 22.3 Å². The third-order valence-electron chi connectivity index (χ3n) is 3.47. The van der Waals surface area contributed by atoms with Crippen molar-refractivity contribution in [2.45, 2.75) is 14.4 Å². The van der Waals surface area contributed by atoms with Gasteiger partial charge in [0.1, 0.15) is 0 Å². The molecule has 3 rings (SSSR count). The largest absolute Gasteiger partial charge is 0.320 e. The molecule has 0 heterocycles. The third-order valence-corrected chi connectivity index (χ3v) is 3.47. The minimum Gasteiger partial charge on any atom is -0.320 e. The molecule has 0 aliphatic carbocycles. The second kappa shape index (κ2) is 16.3. The molecule has 0 amide bonds. The molecule has 0 fully saturated rings. The predicted molar refractivity (Wildman–Crippen MR) is 128 cm³/mol. The van der Waals surface area contributed by atoms with E-state index in [1.807, 2.05) is 12.1 Å². The highest BCUT2D eigenvalue weighted by molar-refractivity contribution is 5.72. The van der Waals surface area contributed by atoms with Crippen LogP contribution in [0.1, 0.15) is 36.6 Å². The standard InChI is InChI=1S/C22H18.2C2H3N.CH4/c1-3-7-19(8-4-1)11-13-21-15-17-22(18-16-21)14-12-20-9-5-2-6-10-20;1-3-2;1-2-3;/h1-18H;2*1H3;1H4. The van der Waals surface area contributed by atoms with Gasteiger partial charge in [0.15, 0.2) is 0 Å². The first kappa shape index (κ1) is 25.1. The Morgan fingerprint density at radius 3 is 1.10 bits per heavy atom. The van der Waals surface area contributed by atoms with E-state index in [9.17, 15) is 0 Å². The first-order chi connectivity index (χ1) is 13.7. The summed E-state index contributed by atoms with van der Waals surface area (Å²) in [6.45, 7) is 7.26. The Morgan fingerprint density at radius 1 is 0.655 bits per heavy atom. The lowest BCUT2D eigenvalue weighted by Gasteiger charge is -1.97. The van der Waals surface area contributed by atoms with Crippen molar-refractivity contribution < 1.29 is 0 Å². The van der Waals surface area contributed by atoms with Crippen LogP contribution in [-0.2, 0) is 0 Å². The van der Waals surface area contributed by atoms with Gasteiger partial charge in [0.05, 0.1) is 6.07 Å². The lowest BCUT2D eigenvalue weighted by molar-refractivity contribution is 1.49. The second-order valence-electron chi connectivity index (χ2n) is 5.60. The van der Waals surface area contributed by atoms with Crippen LogP contribution in [0.3, 0.4) is 0 Å². The highest BCUT2D eigenvalue weighted by atomic mass is 14.5. The zero-order valence-corrected chi connectivity index (χ0v) is 16.3. The zero-order valence-electron chi connectivity index (χ0n) is 16.3. The number of rotatable bonds is 4. The van der Waals surface area contributed by atoms with Crippen molar-refractivity contribution in [1.29, 1.82) is 5.26 Å². The average molecular weight is 381 g/mol. The monoisotopic (exact) mass is 380 g/mol. The maximum atomic E-state index is 7.32. The fraction of sp³-hybridized carbons (Fsp3) is 0.111. The summed E-state index contributed by atoms with van der Waals surface area (Å²) in [6.07, 6.45) is 8.55. The Bertz CT molecular complexity index is 843. The number of hydrogen-bond donors (Lipinski definition) is 0. The summed E-state index contributed by atoms with van der Waals surface area (Å²) in [6, 6.07) is 31.0. The molecule has 0 aliphatic heterocycles. The van der Waals surface area contributed by atoms with Crippen molar-refractivity contribution in [3.05, 3.63) is 119 Å². The molecule has 0 radical (unpaired) electrons. The van der Waals surface area contributed by atoms with E-state index in [1.54, 1.807) is 6.07 Å². The van der Waals surface area contributed by atoms with Crippen LogP contribution in [0, 0.1) is 17.9 Å². The molecule has 0 saturated heterocycles. The second-order valence-corrected chi connectivity index (χ2v) is 5.60. The van der Waals surface area contributed by atoms with Crippen LogP contribution >= 0.6 is 0 Å². The number of nitrogens with zero attached hydrogens (tertiary/aromatic N) is 2. The third kappa shape index (κ3) is 11.4. The SMILES string of the molecule is C.C(=Cc1ccc(C=Cc2ccccc2)cc1)c1ccccc1.CC#N.[C-]#[N+]C. The van der Waals surface area contributed by atoms with Crippen LogP contribution in [0.5, 0.6) is 0 Å². The van der Waals surface area contributed by atoms with Crippen LogP contribution in [-0.4, -0.2) is 7.05 Å². The Hall–Kier alpha value is -3.88. The molecule has 0 spiro atoms. The lowest BCUT2D eigenvalue weighted by Crippen LogP contribution is -1.75. The molecule has 0 N–H and O–H groups in total. The molecule has 0 unspecified atom stereocenters. The van der Waals surface area contributed by atoms with Crippen molar-refractivity contribution in [2.24, 2.45) is 0 Å². The zero-order chi connectivity index (χ0) is 20.5. The summed E-state index contributed by atoms with van der Waals surface area (Å²) in [5.41, 5.74) is 4.85. The van der Waals surface area contributed by atoms with Gasteiger partial charge in [0, 0.05) is 6.92 Å². The van der Waals surface area contributed by atoms with Gasteiger partial charge < -0.3 is 4.85 Å². The highest BCUT2D eigenvalue weighted by Gasteiger charge is 1.90. The Balaban J connectivity index is 0.00000100. The normalized spacial score (nSPS) is 9.10. The van der Waals surface area contributed by atoms with Gasteiger partial charge >= 0.3 is 0 Å². The molecule has 29 heavy (non-hydrogen) atoms. The summed E-state index contributed by atoms with van der Waals surface area (Å²) in [5.74, 6) is 0. The first-order valence-corrected chi connectivity index (χ1v) is 8.86. The van der Waals surface area contributed by atoms with E-state index in [-0.39, 0.29) is 7.43 Å². The van der Waals surface area contributed by atoms with Gasteiger partial charge in [-0.3, -0.25) is 0 Å². The van der Waals surface area contributed by atoms with Gasteiger partial charge in [-0.25, -0.2) is 6.57 Å². The molecule has 2 heteroatoms. The van der Waals surface area contributed by atoms with Crippen molar-refractivity contribution in [1.82, 2.24) is 0 Å². The summed E-state index contributed by atoms with van der Waals surface area (Å²) in [5, 5.41) is 7.32. The van der Waals surface area contributed by atoms with E-state index in [4.69, 9.17) is 11.8 Å². The summed E-state index contributed by atoms with van der Waals surface area (Å²) >= 11 is 0. The quantitative estimate of drug-likeness (QED) is 0.336. The van der Waals surface area contributed by atoms with Crippen LogP contribution in [0.4, 0.5) is 0 Å². The molecular formula is C27H28N2. The molecule has 146 valence electrons. The lowest BCUT2D eigenvalue weighted by atomic mass is 10.1. The van der Waals surface area contributed by atoms with Crippen LogP contribution in [0.2, 0.25) is 0 Å². The maximum absolute atomic E-state index is 7.32. The van der Waals surface area contributed by atoms with Crippen LogP contribution in [0.15, 0.2) is 84.9 Å². The highest BCUT2D eigenvalue weighted by Crippen LogP contribution is 2.12. The molecule has 2 nitrogen and oxygen atoms in total. The molecule has 0 aromatic heterocycles. The molecule has 3 aromatic rings. The predicted octanol–water partition coefficient (Wildman–Crippen LogP) is 7.73. The van der Waals surface area contributed by atoms with Gasteiger partial charge in [0.25, 0.3) is 0 Å². The van der Waals surface area contributed by atoms with Crippen molar-refractivity contribution >= 4 is 24.3 Å². The van der Waals surface area contributed by atoms with Gasteiger partial charge in [-0.15, -0.1) is 0 Å². The smallest absolute Gasteiger partial charge is 0.205 e. The van der Waals surface area contributed by atoms with Crippen LogP contribution < -0.4 is 0 Å². The van der Waals surface area contributed by atoms with Crippen molar-refractivity contribution in [3.8, 4) is 6.07 Å². The van der Waals surface area contributed by atoms with E-state index >= 15 is 0 Å². The molecule has 0 atom stereocenters. The molecule has 3 aromatic carbocycles. The number of nitriles is 1. The molecule has 0 bridgehead atoms. The minimum absolute atomic E-state index is 0. The first-order valence-electron chi connectivity index (χ1n) is 8.86. The molecule has 0 saturated carbocycles. The van der Waals surface area contributed by atoms with E-state index in [1.165, 1.54) is 36.2 Å². The summed E-state index contributed by atoms with van der Waals surface area (Å²) in [4.78, 5) is 2.75. The number of hydrogen-bond acceptors (Lipinski definition) is 1. The molecular weight excluding hydrogens is 352 g/mol. The van der Waals surface area contributed by atoms with Gasteiger partial charge in [0.2, 0.25) is 7.05 Å². The average Bonchev–Trinajstić information content (AvgIpc) is 2.74. The molecule has 0 aliphatic rings. The fourth-order valence-electron chi connectivity index (χ4n) is 2.23. The van der Waals surface area contributed by atoms with Crippen molar-refractivity contribution in [2.75, 3.05) is 7.05 Å². The topological polar surface area (TPSA) is 28.1 Å². The minimum atomic E-state index is 0. The summed E-state index contributed by atoms with van der Waals surface area (Å²) < 4.78 is 0. The van der Waals surface area contributed by atoms with E-state index < -0.39 is 0 Å². The fourth-order valence-corrected chi connectivity index (χ4v) is 2.23. The van der Waals surface area contributed by atoms with Gasteiger partial charge in [-0.2, -0.15) is 5.26 Å². The van der Waals surface area contributed by atoms with E-state index in [2.05, 4.69) is 102 Å². The van der Waals surface area contributed by atoms with Gasteiger partial charge in [-0.1, -0.05) is 117 Å². The Morgan fingerprint density at radius 2 is 0.862 bits per heavy atom. The Labute approximate surface area is 175 Å². The van der Waals surface area contributed by atoms with Crippen LogP contribution in [0.25, 0.3) is 29.1 Å². The summed E-state index contributed by atoms with van der Waals surface area (Å²) in [7, 11) is 1.42. The van der Waals surface area contributed by atoms with Crippen molar-refractivity contribution in [3.63, 3.8) is 0 Å². The maximum Gasteiger partial charge on any atom is 0.205 e. The number of benzene rings is 3.